The first-order chi connectivity index (χ1) is 9.43. The van der Waals surface area contributed by atoms with Crippen molar-refractivity contribution in [2.45, 2.75) is 12.5 Å². The smallest absolute Gasteiger partial charge is 0.333 e. The fourth-order valence-corrected chi connectivity index (χ4v) is 2.06. The quantitative estimate of drug-likeness (QED) is 0.807. The number of carbonyl (C=O) groups is 1. The molecule has 0 saturated heterocycles. The summed E-state index contributed by atoms with van der Waals surface area (Å²) in [6.45, 7) is 1.55. The molecule has 0 fully saturated rings. The highest BCUT2D eigenvalue weighted by Gasteiger charge is 2.35. The van der Waals surface area contributed by atoms with Crippen LogP contribution in [0.5, 0.6) is 5.75 Å². The van der Waals surface area contributed by atoms with Crippen LogP contribution in [0.1, 0.15) is 12.5 Å². The molecule has 3 N–H and O–H groups in total. The van der Waals surface area contributed by atoms with E-state index < -0.39 is 11.5 Å². The standard InChI is InChI=1S/C15H14ClNO3/c1-15(14(19)20,10-6-8-11(18)9-7-10)17-13-5-3-2-4-12(13)16/h2-9,17-18H,1H3,(H,19,20). The van der Waals surface area contributed by atoms with Crippen molar-refractivity contribution in [1.82, 2.24) is 0 Å². The summed E-state index contributed by atoms with van der Waals surface area (Å²) in [5.41, 5.74) is -0.298. The van der Waals surface area contributed by atoms with E-state index >= 15 is 0 Å². The number of hydrogen-bond donors (Lipinski definition) is 3. The van der Waals surface area contributed by atoms with E-state index in [-0.39, 0.29) is 5.75 Å². The number of carboxylic acids is 1. The number of phenolic OH excluding ortho intramolecular Hbond substituents is 1. The highest BCUT2D eigenvalue weighted by atomic mass is 35.5. The van der Waals surface area contributed by atoms with Crippen LogP contribution in [0.15, 0.2) is 48.5 Å². The lowest BCUT2D eigenvalue weighted by Crippen LogP contribution is -2.40. The Labute approximate surface area is 121 Å². The van der Waals surface area contributed by atoms with Gasteiger partial charge in [0.25, 0.3) is 0 Å². The lowest BCUT2D eigenvalue weighted by atomic mass is 9.91. The number of carboxylic acid groups (broad SMARTS) is 1. The SMILES string of the molecule is CC(Nc1ccccc1Cl)(C(=O)O)c1ccc(O)cc1. The van der Waals surface area contributed by atoms with E-state index in [2.05, 4.69) is 5.32 Å². The van der Waals surface area contributed by atoms with Crippen molar-refractivity contribution in [1.29, 1.82) is 0 Å². The predicted molar refractivity (Wildman–Crippen MR) is 78.2 cm³/mol. The lowest BCUT2D eigenvalue weighted by molar-refractivity contribution is -0.142. The van der Waals surface area contributed by atoms with Gasteiger partial charge in [-0.25, -0.2) is 4.79 Å². The van der Waals surface area contributed by atoms with Crippen molar-refractivity contribution in [2.24, 2.45) is 0 Å². The van der Waals surface area contributed by atoms with Crippen LogP contribution in [0, 0.1) is 0 Å². The minimum absolute atomic E-state index is 0.0826. The number of halogens is 1. The third-order valence-electron chi connectivity index (χ3n) is 3.13. The van der Waals surface area contributed by atoms with Crippen LogP contribution in [0.2, 0.25) is 5.02 Å². The molecular formula is C15H14ClNO3. The molecule has 4 nitrogen and oxygen atoms in total. The zero-order chi connectivity index (χ0) is 14.8. The number of rotatable bonds is 4. The zero-order valence-corrected chi connectivity index (χ0v) is 11.6. The maximum Gasteiger partial charge on any atom is 0.333 e. The molecule has 20 heavy (non-hydrogen) atoms. The van der Waals surface area contributed by atoms with Gasteiger partial charge in [-0.15, -0.1) is 0 Å². The number of phenols is 1. The summed E-state index contributed by atoms with van der Waals surface area (Å²) < 4.78 is 0. The fraction of sp³-hybridized carbons (Fsp3) is 0.133. The first-order valence-corrected chi connectivity index (χ1v) is 6.37. The average Bonchev–Trinajstić information content (AvgIpc) is 2.42. The van der Waals surface area contributed by atoms with Crippen LogP contribution in [-0.2, 0) is 10.3 Å². The minimum Gasteiger partial charge on any atom is -0.508 e. The molecule has 0 aliphatic rings. The number of nitrogens with one attached hydrogen (secondary N) is 1. The van der Waals surface area contributed by atoms with Gasteiger partial charge in [0.05, 0.1) is 10.7 Å². The van der Waals surface area contributed by atoms with Gasteiger partial charge in [0, 0.05) is 0 Å². The normalized spacial score (nSPS) is 13.5. The predicted octanol–water partition coefficient (Wildman–Crippen LogP) is 3.46. The van der Waals surface area contributed by atoms with Gasteiger partial charge in [0.15, 0.2) is 5.54 Å². The number of aromatic hydroxyl groups is 1. The Kier molecular flexibility index (Phi) is 3.86. The molecule has 2 rings (SSSR count). The van der Waals surface area contributed by atoms with Gasteiger partial charge < -0.3 is 15.5 Å². The van der Waals surface area contributed by atoms with Crippen LogP contribution in [-0.4, -0.2) is 16.2 Å². The molecule has 0 saturated carbocycles. The van der Waals surface area contributed by atoms with E-state index in [1.165, 1.54) is 12.1 Å². The Bertz CT molecular complexity index is 627. The van der Waals surface area contributed by atoms with E-state index in [1.54, 1.807) is 43.3 Å². The second kappa shape index (κ2) is 5.43. The van der Waals surface area contributed by atoms with Crippen molar-refractivity contribution in [2.75, 3.05) is 5.32 Å². The van der Waals surface area contributed by atoms with E-state index in [9.17, 15) is 15.0 Å². The van der Waals surface area contributed by atoms with Crippen molar-refractivity contribution >= 4 is 23.3 Å². The highest BCUT2D eigenvalue weighted by Crippen LogP contribution is 2.31. The molecule has 0 aliphatic heterocycles. The van der Waals surface area contributed by atoms with Crippen LogP contribution in [0.25, 0.3) is 0 Å². The Hall–Kier alpha value is -2.20. The van der Waals surface area contributed by atoms with Gasteiger partial charge in [-0.2, -0.15) is 0 Å². The molecule has 104 valence electrons. The topological polar surface area (TPSA) is 69.6 Å². The van der Waals surface area contributed by atoms with Crippen molar-refractivity contribution in [3.05, 3.63) is 59.1 Å². The molecule has 0 heterocycles. The van der Waals surface area contributed by atoms with Crippen molar-refractivity contribution in [3.63, 3.8) is 0 Å². The van der Waals surface area contributed by atoms with E-state index in [4.69, 9.17) is 11.6 Å². The van der Waals surface area contributed by atoms with Crippen LogP contribution in [0.3, 0.4) is 0 Å². The summed E-state index contributed by atoms with van der Waals surface area (Å²) in [6.07, 6.45) is 0. The number of aliphatic carboxylic acids is 1. The van der Waals surface area contributed by atoms with E-state index in [0.29, 0.717) is 16.3 Å². The molecule has 2 aromatic carbocycles. The highest BCUT2D eigenvalue weighted by molar-refractivity contribution is 6.33. The molecule has 0 spiro atoms. The maximum atomic E-state index is 11.7. The first-order valence-electron chi connectivity index (χ1n) is 5.99. The first kappa shape index (κ1) is 14.2. The average molecular weight is 292 g/mol. The maximum absolute atomic E-state index is 11.7. The fourth-order valence-electron chi connectivity index (χ4n) is 1.88. The van der Waals surface area contributed by atoms with Crippen LogP contribution in [0.4, 0.5) is 5.69 Å². The summed E-state index contributed by atoms with van der Waals surface area (Å²) in [6, 6.07) is 13.0. The number of benzene rings is 2. The monoisotopic (exact) mass is 291 g/mol. The Morgan fingerprint density at radius 1 is 1.15 bits per heavy atom. The lowest BCUT2D eigenvalue weighted by Gasteiger charge is -2.28. The molecule has 0 radical (unpaired) electrons. The largest absolute Gasteiger partial charge is 0.508 e. The zero-order valence-electron chi connectivity index (χ0n) is 10.8. The van der Waals surface area contributed by atoms with E-state index in [1.807, 2.05) is 0 Å². The van der Waals surface area contributed by atoms with Gasteiger partial charge in [-0.05, 0) is 36.8 Å². The van der Waals surface area contributed by atoms with Gasteiger partial charge >= 0.3 is 5.97 Å². The van der Waals surface area contributed by atoms with E-state index in [0.717, 1.165) is 0 Å². The molecule has 0 bridgehead atoms. The Morgan fingerprint density at radius 3 is 2.30 bits per heavy atom. The number of anilines is 1. The van der Waals surface area contributed by atoms with Crippen molar-refractivity contribution in [3.8, 4) is 5.75 Å². The molecule has 1 unspecified atom stereocenters. The van der Waals surface area contributed by atoms with Gasteiger partial charge in [0.2, 0.25) is 0 Å². The number of para-hydroxylation sites is 1. The molecular weight excluding hydrogens is 278 g/mol. The van der Waals surface area contributed by atoms with Gasteiger partial charge in [-0.1, -0.05) is 35.9 Å². The molecule has 5 heteroatoms. The third kappa shape index (κ3) is 2.70. The summed E-state index contributed by atoms with van der Waals surface area (Å²) in [5.74, 6) is -0.956. The third-order valence-corrected chi connectivity index (χ3v) is 3.46. The minimum atomic E-state index is -1.35. The Morgan fingerprint density at radius 2 is 1.75 bits per heavy atom. The van der Waals surface area contributed by atoms with Crippen LogP contribution >= 0.6 is 11.6 Å². The number of hydrogen-bond acceptors (Lipinski definition) is 3. The van der Waals surface area contributed by atoms with Crippen LogP contribution < -0.4 is 5.32 Å². The van der Waals surface area contributed by atoms with Crippen molar-refractivity contribution < 1.29 is 15.0 Å². The van der Waals surface area contributed by atoms with Gasteiger partial charge in [0.1, 0.15) is 5.75 Å². The molecule has 0 amide bonds. The summed E-state index contributed by atoms with van der Waals surface area (Å²) in [7, 11) is 0. The second-order valence-corrected chi connectivity index (χ2v) is 4.99. The molecule has 0 aromatic heterocycles. The second-order valence-electron chi connectivity index (χ2n) is 4.58. The summed E-state index contributed by atoms with van der Waals surface area (Å²) >= 11 is 6.05. The summed E-state index contributed by atoms with van der Waals surface area (Å²) in [5, 5.41) is 22.2. The molecule has 2 aromatic rings. The molecule has 1 atom stereocenters. The summed E-state index contributed by atoms with van der Waals surface area (Å²) in [4.78, 5) is 11.7. The Balaban J connectivity index is 2.43. The van der Waals surface area contributed by atoms with Gasteiger partial charge in [-0.3, -0.25) is 0 Å². The molecule has 0 aliphatic carbocycles.